The Bertz CT molecular complexity index is 744. The van der Waals surface area contributed by atoms with Crippen LogP contribution in [0.5, 0.6) is 0 Å². The van der Waals surface area contributed by atoms with Crippen LogP contribution in [0.2, 0.25) is 0 Å². The number of carbonyl (C=O) groups is 1. The standard InChI is InChI=1S/C25H36N2O3S/c1-17-2-4-18(5-3-17)11-23(29)27-24(31)26-15-22(28)16-30-7-6-25-12-19-8-20(13-25)10-21(9-19)14-25/h2-5,19-22,28H,6-16H2,1H3,(H2,26,27,29,31)/t19?,20?,21?,22-,25?/m0/s1. The lowest BCUT2D eigenvalue weighted by Crippen LogP contribution is -2.46. The van der Waals surface area contributed by atoms with Crippen LogP contribution in [-0.2, 0) is 16.0 Å². The van der Waals surface area contributed by atoms with Gasteiger partial charge in [0.05, 0.1) is 19.1 Å². The van der Waals surface area contributed by atoms with Gasteiger partial charge < -0.3 is 20.5 Å². The topological polar surface area (TPSA) is 70.6 Å². The highest BCUT2D eigenvalue weighted by Crippen LogP contribution is 2.61. The molecule has 5 rings (SSSR count). The zero-order chi connectivity index (χ0) is 21.8. The third-order valence-corrected chi connectivity index (χ3v) is 7.73. The summed E-state index contributed by atoms with van der Waals surface area (Å²) >= 11 is 5.17. The van der Waals surface area contributed by atoms with Crippen LogP contribution in [0.15, 0.2) is 24.3 Å². The van der Waals surface area contributed by atoms with E-state index in [1.54, 1.807) is 0 Å². The van der Waals surface area contributed by atoms with Crippen molar-refractivity contribution in [2.45, 2.75) is 64.4 Å². The number of carbonyl (C=O) groups excluding carboxylic acids is 1. The first-order valence-electron chi connectivity index (χ1n) is 11.8. The van der Waals surface area contributed by atoms with Gasteiger partial charge in [-0.25, -0.2) is 0 Å². The molecule has 5 nitrogen and oxygen atoms in total. The molecular formula is C25H36N2O3S. The van der Waals surface area contributed by atoms with E-state index < -0.39 is 6.10 Å². The molecule has 4 saturated carbocycles. The van der Waals surface area contributed by atoms with E-state index >= 15 is 0 Å². The molecule has 0 aliphatic heterocycles. The molecule has 0 heterocycles. The Balaban J connectivity index is 1.08. The minimum Gasteiger partial charge on any atom is -0.389 e. The zero-order valence-corrected chi connectivity index (χ0v) is 19.4. The number of thiocarbonyl (C=S) groups is 1. The summed E-state index contributed by atoms with van der Waals surface area (Å²) in [6.07, 6.45) is 9.32. The first-order chi connectivity index (χ1) is 14.9. The predicted molar refractivity (Wildman–Crippen MR) is 126 cm³/mol. The summed E-state index contributed by atoms with van der Waals surface area (Å²) in [6.45, 7) is 3.29. The second-order valence-electron chi connectivity index (χ2n) is 10.3. The summed E-state index contributed by atoms with van der Waals surface area (Å²) < 4.78 is 5.82. The fraction of sp³-hybridized carbons (Fsp3) is 0.680. The van der Waals surface area contributed by atoms with Crippen LogP contribution in [0.1, 0.15) is 56.1 Å². The van der Waals surface area contributed by atoms with E-state index in [0.29, 0.717) is 12.0 Å². The van der Waals surface area contributed by atoms with E-state index in [2.05, 4.69) is 10.6 Å². The van der Waals surface area contributed by atoms with Gasteiger partial charge in [-0.1, -0.05) is 29.8 Å². The lowest BCUT2D eigenvalue weighted by atomic mass is 9.49. The first-order valence-corrected chi connectivity index (χ1v) is 12.2. The maximum absolute atomic E-state index is 12.1. The Kier molecular flexibility index (Phi) is 7.29. The van der Waals surface area contributed by atoms with Gasteiger partial charge in [0.15, 0.2) is 5.11 Å². The van der Waals surface area contributed by atoms with Gasteiger partial charge in [-0.15, -0.1) is 0 Å². The quantitative estimate of drug-likeness (QED) is 0.402. The molecule has 3 N–H and O–H groups in total. The molecule has 0 spiro atoms. The number of ether oxygens (including phenoxy) is 1. The van der Waals surface area contributed by atoms with E-state index in [9.17, 15) is 9.90 Å². The van der Waals surface area contributed by atoms with Crippen molar-refractivity contribution >= 4 is 23.2 Å². The van der Waals surface area contributed by atoms with Crippen LogP contribution in [0.4, 0.5) is 0 Å². The van der Waals surface area contributed by atoms with Crippen LogP contribution in [0.3, 0.4) is 0 Å². The molecule has 4 aliphatic carbocycles. The predicted octanol–water partition coefficient (Wildman–Crippen LogP) is 3.51. The summed E-state index contributed by atoms with van der Waals surface area (Å²) in [5, 5.41) is 16.0. The molecule has 1 aromatic rings. The van der Waals surface area contributed by atoms with Crippen molar-refractivity contribution < 1.29 is 14.6 Å². The average molecular weight is 445 g/mol. The van der Waals surface area contributed by atoms with Crippen molar-refractivity contribution in [1.29, 1.82) is 0 Å². The lowest BCUT2D eigenvalue weighted by Gasteiger charge is -2.57. The Morgan fingerprint density at radius 3 is 2.39 bits per heavy atom. The van der Waals surface area contributed by atoms with Gasteiger partial charge in [-0.3, -0.25) is 4.79 Å². The van der Waals surface area contributed by atoms with Crippen molar-refractivity contribution in [2.75, 3.05) is 19.8 Å². The van der Waals surface area contributed by atoms with Gasteiger partial charge in [0.1, 0.15) is 0 Å². The molecule has 6 heteroatoms. The number of aliphatic hydroxyl groups excluding tert-OH is 1. The van der Waals surface area contributed by atoms with Gasteiger partial charge in [0.25, 0.3) is 0 Å². The van der Waals surface area contributed by atoms with Gasteiger partial charge in [-0.05, 0) is 92.8 Å². The largest absolute Gasteiger partial charge is 0.389 e. The van der Waals surface area contributed by atoms with Crippen molar-refractivity contribution in [3.8, 4) is 0 Å². The number of hydrogen-bond acceptors (Lipinski definition) is 4. The first kappa shape index (κ1) is 22.7. The highest BCUT2D eigenvalue weighted by Gasteiger charge is 2.50. The number of hydrogen-bond donors (Lipinski definition) is 3. The third kappa shape index (κ3) is 6.27. The fourth-order valence-electron chi connectivity index (χ4n) is 6.48. The number of rotatable bonds is 9. The Hall–Kier alpha value is -1.50. The summed E-state index contributed by atoms with van der Waals surface area (Å²) in [4.78, 5) is 12.1. The van der Waals surface area contributed by atoms with Crippen molar-refractivity contribution in [3.63, 3.8) is 0 Å². The van der Waals surface area contributed by atoms with Crippen LogP contribution < -0.4 is 10.6 Å². The van der Waals surface area contributed by atoms with Gasteiger partial charge in [-0.2, -0.15) is 0 Å². The molecule has 1 atom stereocenters. The molecular weight excluding hydrogens is 408 g/mol. The maximum Gasteiger partial charge on any atom is 0.230 e. The number of amides is 1. The number of benzene rings is 1. The molecule has 0 aromatic heterocycles. The highest BCUT2D eigenvalue weighted by atomic mass is 32.1. The maximum atomic E-state index is 12.1. The second-order valence-corrected chi connectivity index (χ2v) is 10.7. The van der Waals surface area contributed by atoms with Crippen molar-refractivity contribution in [3.05, 3.63) is 35.4 Å². The fourth-order valence-corrected chi connectivity index (χ4v) is 6.68. The van der Waals surface area contributed by atoms with E-state index in [4.69, 9.17) is 17.0 Å². The monoisotopic (exact) mass is 444 g/mol. The van der Waals surface area contributed by atoms with E-state index in [0.717, 1.165) is 41.9 Å². The molecule has 4 bridgehead atoms. The van der Waals surface area contributed by atoms with E-state index in [-0.39, 0.29) is 24.0 Å². The van der Waals surface area contributed by atoms with Crippen LogP contribution >= 0.6 is 12.2 Å². The number of aryl methyl sites for hydroxylation is 1. The summed E-state index contributed by atoms with van der Waals surface area (Å²) in [5.74, 6) is 2.72. The smallest absolute Gasteiger partial charge is 0.230 e. The van der Waals surface area contributed by atoms with Gasteiger partial charge in [0.2, 0.25) is 5.91 Å². The van der Waals surface area contributed by atoms with Crippen LogP contribution in [0.25, 0.3) is 0 Å². The normalized spacial score (nSPS) is 29.5. The molecule has 0 saturated heterocycles. The molecule has 1 amide bonds. The van der Waals surface area contributed by atoms with Crippen LogP contribution in [0, 0.1) is 30.1 Å². The average Bonchev–Trinajstić information content (AvgIpc) is 2.70. The molecule has 170 valence electrons. The summed E-state index contributed by atoms with van der Waals surface area (Å²) in [5.41, 5.74) is 2.62. The Morgan fingerprint density at radius 1 is 1.16 bits per heavy atom. The Morgan fingerprint density at radius 2 is 1.77 bits per heavy atom. The highest BCUT2D eigenvalue weighted by molar-refractivity contribution is 7.80. The minimum absolute atomic E-state index is 0.164. The summed E-state index contributed by atoms with van der Waals surface area (Å²) in [7, 11) is 0. The SMILES string of the molecule is Cc1ccc(CC(=O)NC(=S)NC[C@H](O)COCCC23CC4CC(CC(C4)C2)C3)cc1. The van der Waals surface area contributed by atoms with Crippen molar-refractivity contribution in [2.24, 2.45) is 23.2 Å². The molecule has 4 fully saturated rings. The van der Waals surface area contributed by atoms with E-state index in [1.165, 1.54) is 38.5 Å². The number of aliphatic hydroxyl groups is 1. The van der Waals surface area contributed by atoms with Crippen molar-refractivity contribution in [1.82, 2.24) is 10.6 Å². The molecule has 0 unspecified atom stereocenters. The van der Waals surface area contributed by atoms with Gasteiger partial charge >= 0.3 is 0 Å². The van der Waals surface area contributed by atoms with Gasteiger partial charge in [0, 0.05) is 13.2 Å². The summed E-state index contributed by atoms with van der Waals surface area (Å²) in [6, 6.07) is 7.85. The second kappa shape index (κ2) is 9.97. The third-order valence-electron chi connectivity index (χ3n) is 7.49. The molecule has 31 heavy (non-hydrogen) atoms. The zero-order valence-electron chi connectivity index (χ0n) is 18.6. The Labute approximate surface area is 191 Å². The van der Waals surface area contributed by atoms with Crippen LogP contribution in [-0.4, -0.2) is 42.0 Å². The molecule has 4 aliphatic rings. The molecule has 0 radical (unpaired) electrons. The van der Waals surface area contributed by atoms with E-state index in [1.807, 2.05) is 31.2 Å². The lowest BCUT2D eigenvalue weighted by molar-refractivity contribution is -0.119. The molecule has 1 aromatic carbocycles. The minimum atomic E-state index is -0.650. The number of nitrogens with one attached hydrogen (secondary N) is 2.